The Kier molecular flexibility index (Phi) is 4.77. The van der Waals surface area contributed by atoms with Crippen molar-refractivity contribution in [1.29, 1.82) is 0 Å². The average Bonchev–Trinajstić information content (AvgIpc) is 3.24. The molecule has 0 saturated heterocycles. The molecule has 1 aromatic heterocycles. The van der Waals surface area contributed by atoms with Crippen LogP contribution in [0.25, 0.3) is 0 Å². The van der Waals surface area contributed by atoms with E-state index in [2.05, 4.69) is 0 Å². The van der Waals surface area contributed by atoms with Crippen LogP contribution in [0.1, 0.15) is 35.0 Å². The molecule has 1 aliphatic carbocycles. The summed E-state index contributed by atoms with van der Waals surface area (Å²) in [7, 11) is 1.37. The van der Waals surface area contributed by atoms with Crippen LogP contribution < -0.4 is 4.74 Å². The second-order valence-electron chi connectivity index (χ2n) is 4.79. The molecule has 1 fully saturated rings. The summed E-state index contributed by atoms with van der Waals surface area (Å²) in [6, 6.07) is 0. The number of ether oxygens (including phenoxy) is 2. The Hall–Kier alpha value is -1.69. The van der Waals surface area contributed by atoms with Crippen LogP contribution in [0.15, 0.2) is 11.8 Å². The van der Waals surface area contributed by atoms with E-state index in [1.54, 1.807) is 13.8 Å². The maximum Gasteiger partial charge on any atom is 0.207 e. The molecule has 0 spiro atoms. The molecule has 0 aliphatic heterocycles. The predicted molar refractivity (Wildman–Crippen MR) is 77.3 cm³/mol. The highest BCUT2D eigenvalue weighted by Gasteiger charge is 2.37. The van der Waals surface area contributed by atoms with Crippen LogP contribution in [-0.2, 0) is 9.53 Å². The molecule has 0 radical (unpaired) electrons. The maximum absolute atomic E-state index is 14.0. The summed E-state index contributed by atoms with van der Waals surface area (Å²) < 4.78 is 24.2. The zero-order valence-corrected chi connectivity index (χ0v) is 13.0. The molecule has 114 valence electrons. The van der Waals surface area contributed by atoms with Gasteiger partial charge in [-0.1, -0.05) is 0 Å². The van der Waals surface area contributed by atoms with Crippen molar-refractivity contribution in [2.24, 2.45) is 5.92 Å². The first-order valence-electron chi connectivity index (χ1n) is 6.74. The Labute approximate surface area is 126 Å². The quantitative estimate of drug-likeness (QED) is 0.255. The SMILES string of the molecule is CCOC=C(C(=O)c1c(F)sc(C)c1OC)C(=O)C1CC1. The van der Waals surface area contributed by atoms with Crippen LogP contribution >= 0.6 is 11.3 Å². The molecular weight excluding hydrogens is 295 g/mol. The van der Waals surface area contributed by atoms with Crippen LogP contribution in [-0.4, -0.2) is 25.3 Å². The molecule has 1 aromatic rings. The van der Waals surface area contributed by atoms with Gasteiger partial charge < -0.3 is 9.47 Å². The highest BCUT2D eigenvalue weighted by Crippen LogP contribution is 2.38. The van der Waals surface area contributed by atoms with Crippen molar-refractivity contribution in [1.82, 2.24) is 0 Å². The number of carbonyl (C=O) groups excluding carboxylic acids is 2. The number of hydrogen-bond acceptors (Lipinski definition) is 5. The number of halogens is 1. The minimum absolute atomic E-state index is 0.102. The molecule has 2 rings (SSSR count). The molecule has 1 aliphatic rings. The number of ketones is 2. The van der Waals surface area contributed by atoms with E-state index in [0.717, 1.165) is 30.4 Å². The summed E-state index contributed by atoms with van der Waals surface area (Å²) in [4.78, 5) is 25.3. The van der Waals surface area contributed by atoms with Crippen LogP contribution in [0, 0.1) is 18.0 Å². The maximum atomic E-state index is 14.0. The summed E-state index contributed by atoms with van der Waals surface area (Å²) in [5.41, 5.74) is -0.283. The highest BCUT2D eigenvalue weighted by atomic mass is 32.1. The number of thiophene rings is 1. The lowest BCUT2D eigenvalue weighted by molar-refractivity contribution is -0.116. The van der Waals surface area contributed by atoms with Gasteiger partial charge in [0.2, 0.25) is 5.78 Å². The molecule has 0 atom stereocenters. The molecule has 0 bridgehead atoms. The van der Waals surface area contributed by atoms with Gasteiger partial charge in [-0.15, -0.1) is 11.3 Å². The third-order valence-corrected chi connectivity index (χ3v) is 4.12. The van der Waals surface area contributed by atoms with Gasteiger partial charge in [-0.2, -0.15) is 4.39 Å². The van der Waals surface area contributed by atoms with Gasteiger partial charge in [-0.05, 0) is 26.7 Å². The van der Waals surface area contributed by atoms with Crippen molar-refractivity contribution in [3.8, 4) is 5.75 Å². The number of rotatable bonds is 7. The van der Waals surface area contributed by atoms with Gasteiger partial charge in [0.15, 0.2) is 10.9 Å². The van der Waals surface area contributed by atoms with Crippen molar-refractivity contribution in [2.75, 3.05) is 13.7 Å². The van der Waals surface area contributed by atoms with Gasteiger partial charge >= 0.3 is 0 Å². The Morgan fingerprint density at radius 3 is 2.62 bits per heavy atom. The van der Waals surface area contributed by atoms with E-state index in [1.807, 2.05) is 0 Å². The Morgan fingerprint density at radius 1 is 1.43 bits per heavy atom. The molecule has 0 unspecified atom stereocenters. The van der Waals surface area contributed by atoms with Crippen LogP contribution in [0.3, 0.4) is 0 Å². The lowest BCUT2D eigenvalue weighted by atomic mass is 9.99. The summed E-state index contributed by atoms with van der Waals surface area (Å²) in [6.45, 7) is 3.74. The number of allylic oxidation sites excluding steroid dienone is 1. The number of Topliss-reactive ketones (excluding diaryl/α,β-unsaturated/α-hetero) is 2. The molecule has 0 aromatic carbocycles. The van der Waals surface area contributed by atoms with Crippen molar-refractivity contribution in [3.63, 3.8) is 0 Å². The molecule has 1 heterocycles. The lowest BCUT2D eigenvalue weighted by Gasteiger charge is -2.07. The summed E-state index contributed by atoms with van der Waals surface area (Å²) >= 11 is 0.834. The predicted octanol–water partition coefficient (Wildman–Crippen LogP) is 3.29. The van der Waals surface area contributed by atoms with Crippen LogP contribution in [0.4, 0.5) is 4.39 Å². The molecule has 0 amide bonds. The number of hydrogen-bond donors (Lipinski definition) is 0. The van der Waals surface area contributed by atoms with E-state index in [4.69, 9.17) is 9.47 Å². The van der Waals surface area contributed by atoms with E-state index in [1.165, 1.54) is 7.11 Å². The van der Waals surface area contributed by atoms with Crippen LogP contribution in [0.2, 0.25) is 0 Å². The van der Waals surface area contributed by atoms with Crippen molar-refractivity contribution in [3.05, 3.63) is 27.4 Å². The van der Waals surface area contributed by atoms with E-state index < -0.39 is 10.9 Å². The average molecular weight is 312 g/mol. The molecule has 4 nitrogen and oxygen atoms in total. The van der Waals surface area contributed by atoms with Crippen LogP contribution in [0.5, 0.6) is 5.75 Å². The van der Waals surface area contributed by atoms with Gasteiger partial charge in [0.05, 0.1) is 20.0 Å². The fourth-order valence-electron chi connectivity index (χ4n) is 2.03. The fourth-order valence-corrected chi connectivity index (χ4v) is 2.86. The topological polar surface area (TPSA) is 52.6 Å². The molecule has 21 heavy (non-hydrogen) atoms. The molecular formula is C15H17FO4S. The van der Waals surface area contributed by atoms with E-state index in [0.29, 0.717) is 11.5 Å². The second-order valence-corrected chi connectivity index (χ2v) is 5.97. The number of carbonyl (C=O) groups is 2. The second kappa shape index (κ2) is 6.39. The van der Waals surface area contributed by atoms with Crippen molar-refractivity contribution < 1.29 is 23.5 Å². The fraction of sp³-hybridized carbons (Fsp3) is 0.467. The number of methoxy groups -OCH3 is 1. The van der Waals surface area contributed by atoms with Gasteiger partial charge in [0.1, 0.15) is 16.9 Å². The van der Waals surface area contributed by atoms with Gasteiger partial charge in [0, 0.05) is 10.8 Å². The Bertz CT molecular complexity index is 599. The van der Waals surface area contributed by atoms with Gasteiger partial charge in [-0.3, -0.25) is 9.59 Å². The first-order chi connectivity index (χ1) is 10.0. The normalized spacial score (nSPS) is 15.0. The Morgan fingerprint density at radius 2 is 2.10 bits per heavy atom. The molecule has 1 saturated carbocycles. The third kappa shape index (κ3) is 3.15. The van der Waals surface area contributed by atoms with Crippen molar-refractivity contribution in [2.45, 2.75) is 26.7 Å². The van der Waals surface area contributed by atoms with Crippen molar-refractivity contribution >= 4 is 22.9 Å². The number of aryl methyl sites for hydroxylation is 1. The monoisotopic (exact) mass is 312 g/mol. The smallest absolute Gasteiger partial charge is 0.207 e. The third-order valence-electron chi connectivity index (χ3n) is 3.24. The molecule has 6 heteroatoms. The Balaban J connectivity index is 2.40. The first kappa shape index (κ1) is 15.7. The zero-order chi connectivity index (χ0) is 15.6. The van der Waals surface area contributed by atoms with Gasteiger partial charge in [0.25, 0.3) is 0 Å². The van der Waals surface area contributed by atoms with Gasteiger partial charge in [-0.25, -0.2) is 0 Å². The summed E-state index contributed by atoms with van der Waals surface area (Å²) in [5, 5.41) is -0.639. The molecule has 0 N–H and O–H groups in total. The van der Waals surface area contributed by atoms with E-state index in [9.17, 15) is 14.0 Å². The lowest BCUT2D eigenvalue weighted by Crippen LogP contribution is -2.16. The zero-order valence-electron chi connectivity index (χ0n) is 12.2. The van der Waals surface area contributed by atoms with E-state index >= 15 is 0 Å². The standard InChI is InChI=1S/C15H17FO4S/c1-4-20-7-10(12(17)9-5-6-9)13(18)11-14(19-3)8(2)21-15(11)16/h7,9H,4-6H2,1-3H3. The first-order valence-corrected chi connectivity index (χ1v) is 7.56. The van der Waals surface area contributed by atoms with E-state index in [-0.39, 0.29) is 28.6 Å². The largest absolute Gasteiger partial charge is 0.501 e. The summed E-state index contributed by atoms with van der Waals surface area (Å²) in [6.07, 6.45) is 2.67. The summed E-state index contributed by atoms with van der Waals surface area (Å²) in [5.74, 6) is -0.902. The highest BCUT2D eigenvalue weighted by molar-refractivity contribution is 7.11. The minimum Gasteiger partial charge on any atom is -0.501 e. The minimum atomic E-state index is -0.668.